The number of ether oxygens (including phenoxy) is 1. The summed E-state index contributed by atoms with van der Waals surface area (Å²) in [5, 5.41) is 13.2. The Morgan fingerprint density at radius 2 is 2.06 bits per heavy atom. The van der Waals surface area contributed by atoms with Gasteiger partial charge in [0.15, 0.2) is 12.4 Å². The maximum Gasteiger partial charge on any atom is 0.422 e. The molecule has 0 unspecified atom stereocenters. The summed E-state index contributed by atoms with van der Waals surface area (Å²) in [6.45, 7) is -0.710. The van der Waals surface area contributed by atoms with Crippen molar-refractivity contribution in [2.45, 2.75) is 26.3 Å². The lowest BCUT2D eigenvalue weighted by Gasteiger charge is -2.14. The van der Waals surface area contributed by atoms with Gasteiger partial charge < -0.3 is 9.84 Å². The number of aliphatic hydroxyl groups is 1. The van der Waals surface area contributed by atoms with Gasteiger partial charge in [-0.1, -0.05) is 6.07 Å². The molecule has 0 atom stereocenters. The van der Waals surface area contributed by atoms with Crippen molar-refractivity contribution in [3.8, 4) is 11.4 Å². The first kappa shape index (κ1) is 23.1. The largest absolute Gasteiger partial charge is 0.483 e. The van der Waals surface area contributed by atoms with Crippen LogP contribution in [0.15, 0.2) is 41.5 Å². The average molecular weight is 456 g/mol. The van der Waals surface area contributed by atoms with Gasteiger partial charge in [-0.3, -0.25) is 9.55 Å². The summed E-state index contributed by atoms with van der Waals surface area (Å²) in [6.07, 6.45) is -1.06. The number of aromatic nitrogens is 4. The lowest BCUT2D eigenvalue weighted by Crippen LogP contribution is -2.25. The van der Waals surface area contributed by atoms with Crippen LogP contribution in [-0.2, 0) is 13.2 Å². The molecule has 0 aliphatic rings. The summed E-state index contributed by atoms with van der Waals surface area (Å²) < 4.78 is 74.2. The summed E-state index contributed by atoms with van der Waals surface area (Å²) in [6, 6.07) is 4.36. The fraction of sp³-hybridized carbons (Fsp3) is 0.250. The minimum atomic E-state index is -4.75. The Labute approximate surface area is 178 Å². The summed E-state index contributed by atoms with van der Waals surface area (Å²) in [5.74, 6) is -2.95. The molecule has 0 saturated heterocycles. The standard InChI is InChI=1S/C20H17F5N4O3/c1-2-28-18(10-30)27-29(19(28)31)16-8-17(32-11-20(23,24)25)13(7-15(16)22)14(21)6-12-4-3-5-26-9-12/h3-9,30H,2,10-11H2,1H3/b14-6-. The fourth-order valence-electron chi connectivity index (χ4n) is 2.88. The monoisotopic (exact) mass is 456 g/mol. The van der Waals surface area contributed by atoms with Crippen LogP contribution in [0.1, 0.15) is 23.9 Å². The number of rotatable bonds is 7. The number of pyridine rings is 1. The number of aliphatic hydroxyl groups excluding tert-OH is 1. The molecule has 0 radical (unpaired) electrons. The molecular weight excluding hydrogens is 439 g/mol. The van der Waals surface area contributed by atoms with Crippen molar-refractivity contribution in [3.63, 3.8) is 0 Å². The molecule has 170 valence electrons. The van der Waals surface area contributed by atoms with Gasteiger partial charge in [-0.2, -0.15) is 17.9 Å². The molecule has 1 aromatic carbocycles. The molecule has 0 fully saturated rings. The van der Waals surface area contributed by atoms with Crippen LogP contribution in [0, 0.1) is 5.82 Å². The highest BCUT2D eigenvalue weighted by atomic mass is 19.4. The number of halogens is 5. The van der Waals surface area contributed by atoms with Crippen LogP contribution in [0.25, 0.3) is 17.6 Å². The first-order valence-corrected chi connectivity index (χ1v) is 9.25. The molecule has 1 N–H and O–H groups in total. The Morgan fingerprint density at radius 3 is 2.62 bits per heavy atom. The van der Waals surface area contributed by atoms with Crippen LogP contribution in [0.3, 0.4) is 0 Å². The number of benzene rings is 1. The molecule has 0 aliphatic carbocycles. The van der Waals surface area contributed by atoms with E-state index in [0.29, 0.717) is 10.7 Å². The zero-order chi connectivity index (χ0) is 23.5. The topological polar surface area (TPSA) is 82.2 Å². The minimum Gasteiger partial charge on any atom is -0.483 e. The number of hydrogen-bond acceptors (Lipinski definition) is 5. The quantitative estimate of drug-likeness (QED) is 0.551. The van der Waals surface area contributed by atoms with Gasteiger partial charge in [0.05, 0.1) is 5.56 Å². The molecule has 0 aliphatic heterocycles. The van der Waals surface area contributed by atoms with Gasteiger partial charge in [-0.25, -0.2) is 13.6 Å². The van der Waals surface area contributed by atoms with Crippen molar-refractivity contribution >= 4 is 11.9 Å². The van der Waals surface area contributed by atoms with Crippen LogP contribution in [-0.4, -0.2) is 37.2 Å². The van der Waals surface area contributed by atoms with Crippen LogP contribution in [0.4, 0.5) is 22.0 Å². The molecule has 3 rings (SSSR count). The predicted octanol–water partition coefficient (Wildman–Crippen LogP) is 3.49. The zero-order valence-electron chi connectivity index (χ0n) is 16.6. The van der Waals surface area contributed by atoms with Gasteiger partial charge in [0.2, 0.25) is 0 Å². The van der Waals surface area contributed by atoms with Crippen LogP contribution in [0.5, 0.6) is 5.75 Å². The first-order valence-electron chi connectivity index (χ1n) is 9.25. The Balaban J connectivity index is 2.15. The molecule has 3 aromatic rings. The van der Waals surface area contributed by atoms with Crippen molar-refractivity contribution in [2.24, 2.45) is 0 Å². The lowest BCUT2D eigenvalue weighted by molar-refractivity contribution is -0.153. The first-order chi connectivity index (χ1) is 15.1. The Morgan fingerprint density at radius 1 is 1.31 bits per heavy atom. The third kappa shape index (κ3) is 5.02. The molecule has 32 heavy (non-hydrogen) atoms. The number of hydrogen-bond donors (Lipinski definition) is 1. The molecule has 2 heterocycles. The SMILES string of the molecule is CCn1c(CO)nn(-c2cc(OCC(F)(F)F)c(/C(F)=C/c3cccnc3)cc2F)c1=O. The number of nitrogens with zero attached hydrogens (tertiary/aromatic N) is 4. The summed E-state index contributed by atoms with van der Waals surface area (Å²) in [7, 11) is 0. The van der Waals surface area contributed by atoms with Gasteiger partial charge in [0.25, 0.3) is 0 Å². The van der Waals surface area contributed by atoms with E-state index in [4.69, 9.17) is 4.74 Å². The van der Waals surface area contributed by atoms with E-state index in [1.807, 2.05) is 0 Å². The van der Waals surface area contributed by atoms with Crippen LogP contribution < -0.4 is 10.4 Å². The molecule has 0 bridgehead atoms. The van der Waals surface area contributed by atoms with Crippen LogP contribution in [0.2, 0.25) is 0 Å². The minimum absolute atomic E-state index is 0.0820. The fourth-order valence-corrected chi connectivity index (χ4v) is 2.88. The highest BCUT2D eigenvalue weighted by Crippen LogP contribution is 2.33. The normalized spacial score (nSPS) is 12.3. The van der Waals surface area contributed by atoms with Gasteiger partial charge in [-0.05, 0) is 30.7 Å². The van der Waals surface area contributed by atoms with Crippen molar-refractivity contribution in [2.75, 3.05) is 6.61 Å². The van der Waals surface area contributed by atoms with E-state index in [2.05, 4.69) is 10.1 Å². The van der Waals surface area contributed by atoms with Crippen molar-refractivity contribution in [3.05, 3.63) is 69.9 Å². The smallest absolute Gasteiger partial charge is 0.422 e. The summed E-state index contributed by atoms with van der Waals surface area (Å²) in [4.78, 5) is 16.3. The highest BCUT2D eigenvalue weighted by molar-refractivity contribution is 5.80. The highest BCUT2D eigenvalue weighted by Gasteiger charge is 2.30. The Bertz CT molecular complexity index is 1190. The average Bonchev–Trinajstić information content (AvgIpc) is 3.07. The van der Waals surface area contributed by atoms with Crippen molar-refractivity contribution in [1.82, 2.24) is 19.3 Å². The van der Waals surface area contributed by atoms with Gasteiger partial charge in [0.1, 0.15) is 29.7 Å². The second kappa shape index (κ2) is 9.30. The summed E-state index contributed by atoms with van der Waals surface area (Å²) in [5.41, 5.74) is -1.71. The number of alkyl halides is 3. The Kier molecular flexibility index (Phi) is 6.72. The van der Waals surface area contributed by atoms with E-state index in [9.17, 15) is 31.9 Å². The molecule has 0 amide bonds. The lowest BCUT2D eigenvalue weighted by atomic mass is 10.1. The van der Waals surface area contributed by atoms with E-state index in [0.717, 1.165) is 16.7 Å². The van der Waals surface area contributed by atoms with Gasteiger partial charge in [-0.15, -0.1) is 5.10 Å². The maximum absolute atomic E-state index is 14.9. The van der Waals surface area contributed by atoms with E-state index in [-0.39, 0.29) is 17.9 Å². The molecule has 7 nitrogen and oxygen atoms in total. The summed E-state index contributed by atoms with van der Waals surface area (Å²) >= 11 is 0. The Hall–Kier alpha value is -3.54. The maximum atomic E-state index is 14.9. The molecule has 0 saturated carbocycles. The van der Waals surface area contributed by atoms with Crippen LogP contribution >= 0.6 is 0 Å². The molecule has 12 heteroatoms. The zero-order valence-corrected chi connectivity index (χ0v) is 16.6. The van der Waals surface area contributed by atoms with Crippen molar-refractivity contribution in [1.29, 1.82) is 0 Å². The molecule has 0 spiro atoms. The van der Waals surface area contributed by atoms with E-state index >= 15 is 0 Å². The van der Waals surface area contributed by atoms with E-state index in [1.165, 1.54) is 24.5 Å². The molecule has 2 aromatic heterocycles. The third-order valence-corrected chi connectivity index (χ3v) is 4.30. The predicted molar refractivity (Wildman–Crippen MR) is 104 cm³/mol. The van der Waals surface area contributed by atoms with Gasteiger partial charge in [0, 0.05) is 25.0 Å². The second-order valence-corrected chi connectivity index (χ2v) is 6.50. The van der Waals surface area contributed by atoms with Gasteiger partial charge >= 0.3 is 11.9 Å². The van der Waals surface area contributed by atoms with E-state index in [1.54, 1.807) is 6.92 Å². The van der Waals surface area contributed by atoms with E-state index < -0.39 is 53.7 Å². The second-order valence-electron chi connectivity index (χ2n) is 6.50. The third-order valence-electron chi connectivity index (χ3n) is 4.30. The van der Waals surface area contributed by atoms with Crippen molar-refractivity contribution < 1.29 is 31.8 Å². The molecular formula is C20H17F5N4O3.